The zero-order valence-corrected chi connectivity index (χ0v) is 13.7. The summed E-state index contributed by atoms with van der Waals surface area (Å²) in [7, 11) is 0. The summed E-state index contributed by atoms with van der Waals surface area (Å²) in [4.78, 5) is 0. The first-order valence-electron chi connectivity index (χ1n) is 6.69. The van der Waals surface area contributed by atoms with Gasteiger partial charge in [-0.25, -0.2) is 0 Å². The summed E-state index contributed by atoms with van der Waals surface area (Å²) in [5.74, 6) is 0.702. The van der Waals surface area contributed by atoms with Gasteiger partial charge in [0.1, 0.15) is 5.75 Å². The largest absolute Gasteiger partial charge is 0.492 e. The highest BCUT2D eigenvalue weighted by Gasteiger charge is 2.24. The topological polar surface area (TPSA) is 21.3 Å². The van der Waals surface area contributed by atoms with E-state index < -0.39 is 0 Å². The van der Waals surface area contributed by atoms with Crippen molar-refractivity contribution in [3.05, 3.63) is 56.5 Å². The molecule has 1 heterocycles. The molecule has 1 aliphatic heterocycles. The molecule has 0 saturated carbocycles. The van der Waals surface area contributed by atoms with E-state index in [0.29, 0.717) is 27.4 Å². The highest BCUT2D eigenvalue weighted by molar-refractivity contribution is 6.35. The Hall–Kier alpha value is -1.09. The molecule has 110 valence electrons. The fourth-order valence-electron chi connectivity index (χ4n) is 2.50. The Morgan fingerprint density at radius 3 is 2.67 bits per heavy atom. The maximum absolute atomic E-state index is 6.29. The number of benzene rings is 2. The molecule has 0 radical (unpaired) electrons. The lowest BCUT2D eigenvalue weighted by Crippen LogP contribution is -2.20. The van der Waals surface area contributed by atoms with E-state index in [-0.39, 0.29) is 6.04 Å². The fraction of sp³-hybridized carbons (Fsp3) is 0.250. The molecule has 21 heavy (non-hydrogen) atoms. The molecular formula is C16H14Cl3NO. The van der Waals surface area contributed by atoms with E-state index >= 15 is 0 Å². The van der Waals surface area contributed by atoms with Crippen LogP contribution in [-0.4, -0.2) is 6.61 Å². The standard InChI is InChI=1S/C16H14Cl3NO/c1-9-2-3-15(12(18)6-9)20-14-4-5-21-16-11(14)7-10(17)8-13(16)19/h2-3,6-8,14,20H,4-5H2,1H3. The number of halogens is 3. The molecule has 1 unspecified atom stereocenters. The molecule has 1 atom stereocenters. The number of hydrogen-bond donors (Lipinski definition) is 1. The Kier molecular flexibility index (Phi) is 4.21. The van der Waals surface area contributed by atoms with E-state index in [1.807, 2.05) is 31.2 Å². The maximum atomic E-state index is 6.29. The van der Waals surface area contributed by atoms with Crippen molar-refractivity contribution in [1.82, 2.24) is 0 Å². The normalized spacial score (nSPS) is 17.0. The minimum absolute atomic E-state index is 0.0742. The van der Waals surface area contributed by atoms with Crippen LogP contribution in [0.1, 0.15) is 23.6 Å². The zero-order chi connectivity index (χ0) is 15.0. The molecule has 0 fully saturated rings. The van der Waals surface area contributed by atoms with E-state index in [1.165, 1.54) is 0 Å². The lowest BCUT2D eigenvalue weighted by molar-refractivity contribution is 0.274. The van der Waals surface area contributed by atoms with Gasteiger partial charge in [-0.2, -0.15) is 0 Å². The van der Waals surface area contributed by atoms with Crippen molar-refractivity contribution in [2.75, 3.05) is 11.9 Å². The van der Waals surface area contributed by atoms with Crippen LogP contribution in [-0.2, 0) is 0 Å². The zero-order valence-electron chi connectivity index (χ0n) is 11.4. The van der Waals surface area contributed by atoms with Gasteiger partial charge in [-0.05, 0) is 36.8 Å². The van der Waals surface area contributed by atoms with Crippen molar-refractivity contribution < 1.29 is 4.74 Å². The molecule has 1 N–H and O–H groups in total. The third kappa shape index (κ3) is 3.08. The molecule has 0 bridgehead atoms. The summed E-state index contributed by atoms with van der Waals surface area (Å²) < 4.78 is 5.66. The van der Waals surface area contributed by atoms with Gasteiger partial charge >= 0.3 is 0 Å². The van der Waals surface area contributed by atoms with Crippen molar-refractivity contribution in [3.8, 4) is 5.75 Å². The van der Waals surface area contributed by atoms with Crippen LogP contribution in [0.4, 0.5) is 5.69 Å². The SMILES string of the molecule is Cc1ccc(NC2CCOc3c(Cl)cc(Cl)cc32)c(Cl)c1. The minimum Gasteiger partial charge on any atom is -0.492 e. The molecule has 3 rings (SSSR count). The molecule has 5 heteroatoms. The lowest BCUT2D eigenvalue weighted by atomic mass is 10.00. The summed E-state index contributed by atoms with van der Waals surface area (Å²) in [6.45, 7) is 2.62. The Morgan fingerprint density at radius 1 is 1.10 bits per heavy atom. The summed E-state index contributed by atoms with van der Waals surface area (Å²) in [6, 6.07) is 9.61. The predicted octanol–water partition coefficient (Wildman–Crippen LogP) is 5.89. The van der Waals surface area contributed by atoms with Crippen LogP contribution in [0.5, 0.6) is 5.75 Å². The van der Waals surface area contributed by atoms with Crippen LogP contribution in [0.3, 0.4) is 0 Å². The van der Waals surface area contributed by atoms with Crippen molar-refractivity contribution in [1.29, 1.82) is 0 Å². The number of ether oxygens (including phenoxy) is 1. The fourth-order valence-corrected chi connectivity index (χ4v) is 3.35. The summed E-state index contributed by atoms with van der Waals surface area (Å²) in [6.07, 6.45) is 0.827. The van der Waals surface area contributed by atoms with Crippen molar-refractivity contribution in [3.63, 3.8) is 0 Å². The third-order valence-corrected chi connectivity index (χ3v) is 4.33. The molecule has 2 nitrogen and oxygen atoms in total. The quantitative estimate of drug-likeness (QED) is 0.734. The minimum atomic E-state index is 0.0742. The molecule has 2 aromatic rings. The first-order chi connectivity index (χ1) is 10.0. The van der Waals surface area contributed by atoms with Gasteiger partial charge in [0.25, 0.3) is 0 Å². The van der Waals surface area contributed by atoms with E-state index in [4.69, 9.17) is 39.5 Å². The van der Waals surface area contributed by atoms with Crippen LogP contribution in [0, 0.1) is 6.92 Å². The number of hydrogen-bond acceptors (Lipinski definition) is 2. The first kappa shape index (κ1) is 14.8. The van der Waals surface area contributed by atoms with E-state index in [1.54, 1.807) is 6.07 Å². The second-order valence-electron chi connectivity index (χ2n) is 5.12. The molecule has 0 amide bonds. The van der Waals surface area contributed by atoms with Crippen molar-refractivity contribution >= 4 is 40.5 Å². The van der Waals surface area contributed by atoms with E-state index in [2.05, 4.69) is 5.32 Å². The summed E-state index contributed by atoms with van der Waals surface area (Å²) >= 11 is 18.6. The molecule has 2 aromatic carbocycles. The second-order valence-corrected chi connectivity index (χ2v) is 6.37. The lowest BCUT2D eigenvalue weighted by Gasteiger charge is -2.28. The summed E-state index contributed by atoms with van der Waals surface area (Å²) in [5.41, 5.74) is 3.00. The molecule has 1 aliphatic rings. The molecule has 0 spiro atoms. The van der Waals surface area contributed by atoms with Crippen LogP contribution >= 0.6 is 34.8 Å². The highest BCUT2D eigenvalue weighted by atomic mass is 35.5. The van der Waals surface area contributed by atoms with Gasteiger partial charge in [0.15, 0.2) is 0 Å². The predicted molar refractivity (Wildman–Crippen MR) is 89.1 cm³/mol. The van der Waals surface area contributed by atoms with Gasteiger partial charge < -0.3 is 10.1 Å². The molecule has 0 aromatic heterocycles. The van der Waals surface area contributed by atoms with Crippen LogP contribution < -0.4 is 10.1 Å². The number of nitrogens with one attached hydrogen (secondary N) is 1. The summed E-state index contributed by atoms with van der Waals surface area (Å²) in [5, 5.41) is 5.31. The van der Waals surface area contributed by atoms with Crippen LogP contribution in [0.25, 0.3) is 0 Å². The van der Waals surface area contributed by atoms with Gasteiger partial charge in [-0.1, -0.05) is 40.9 Å². The van der Waals surface area contributed by atoms with Gasteiger partial charge in [0.2, 0.25) is 0 Å². The molecule has 0 saturated heterocycles. The number of aryl methyl sites for hydroxylation is 1. The Labute approximate surface area is 139 Å². The van der Waals surface area contributed by atoms with Gasteiger partial charge in [-0.3, -0.25) is 0 Å². The van der Waals surface area contributed by atoms with E-state index in [9.17, 15) is 0 Å². The Bertz CT molecular complexity index is 687. The average molecular weight is 343 g/mol. The number of anilines is 1. The second kappa shape index (κ2) is 5.96. The number of rotatable bonds is 2. The van der Waals surface area contributed by atoms with Crippen molar-refractivity contribution in [2.45, 2.75) is 19.4 Å². The van der Waals surface area contributed by atoms with Gasteiger partial charge in [0.05, 0.1) is 28.4 Å². The van der Waals surface area contributed by atoms with Crippen LogP contribution in [0.2, 0.25) is 15.1 Å². The Morgan fingerprint density at radius 2 is 1.90 bits per heavy atom. The van der Waals surface area contributed by atoms with Crippen LogP contribution in [0.15, 0.2) is 30.3 Å². The highest BCUT2D eigenvalue weighted by Crippen LogP contribution is 2.41. The smallest absolute Gasteiger partial charge is 0.143 e. The van der Waals surface area contributed by atoms with E-state index in [0.717, 1.165) is 23.2 Å². The van der Waals surface area contributed by atoms with Gasteiger partial charge in [-0.15, -0.1) is 0 Å². The maximum Gasteiger partial charge on any atom is 0.143 e. The average Bonchev–Trinajstić information content (AvgIpc) is 2.42. The molecular weight excluding hydrogens is 329 g/mol. The third-order valence-electron chi connectivity index (χ3n) is 3.52. The van der Waals surface area contributed by atoms with Gasteiger partial charge in [0, 0.05) is 17.0 Å². The molecule has 0 aliphatic carbocycles. The first-order valence-corrected chi connectivity index (χ1v) is 7.82. The number of fused-ring (bicyclic) bond motifs is 1. The Balaban J connectivity index is 1.95. The van der Waals surface area contributed by atoms with Crippen molar-refractivity contribution in [2.24, 2.45) is 0 Å². The monoisotopic (exact) mass is 341 g/mol.